The van der Waals surface area contributed by atoms with E-state index in [2.05, 4.69) is 45.1 Å². The molecule has 0 saturated carbocycles. The average Bonchev–Trinajstić information content (AvgIpc) is 2.27. The lowest BCUT2D eigenvalue weighted by atomic mass is 10.0. The summed E-state index contributed by atoms with van der Waals surface area (Å²) in [7, 11) is 1.57. The maximum absolute atomic E-state index is 5.96. The molecule has 1 unspecified atom stereocenters. The number of halogens is 1. The second kappa shape index (κ2) is 6.76. The normalized spacial score (nSPS) is 12.6. The molecule has 5 nitrogen and oxygen atoms in total. The fourth-order valence-electron chi connectivity index (χ4n) is 1.49. The molecule has 6 heteroatoms. The number of nitrogens with one attached hydrogen (secondary N) is 1. The minimum Gasteiger partial charge on any atom is -0.480 e. The smallest absolute Gasteiger partial charge is 0.232 e. The first-order valence-electron chi connectivity index (χ1n) is 5.59. The summed E-state index contributed by atoms with van der Waals surface area (Å²) in [6, 6.07) is 0.105. The van der Waals surface area contributed by atoms with E-state index in [-0.39, 0.29) is 6.04 Å². The maximum Gasteiger partial charge on any atom is 0.232 e. The summed E-state index contributed by atoms with van der Waals surface area (Å²) in [6.45, 7) is 4.96. The van der Waals surface area contributed by atoms with Crippen LogP contribution in [0.2, 0.25) is 0 Å². The van der Waals surface area contributed by atoms with Crippen molar-refractivity contribution in [2.24, 2.45) is 11.7 Å². The highest BCUT2D eigenvalue weighted by atomic mass is 79.9. The summed E-state index contributed by atoms with van der Waals surface area (Å²) in [5, 5.41) is 3.10. The highest BCUT2D eigenvalue weighted by molar-refractivity contribution is 9.10. The third-order valence-electron chi connectivity index (χ3n) is 2.20. The second-order valence-corrected chi connectivity index (χ2v) is 5.18. The second-order valence-electron chi connectivity index (χ2n) is 4.32. The highest BCUT2D eigenvalue weighted by Gasteiger charge is 2.08. The molecule has 0 spiro atoms. The van der Waals surface area contributed by atoms with Crippen LogP contribution in [0.3, 0.4) is 0 Å². The molecule has 1 rings (SSSR count). The Bertz CT molecular complexity index is 359. The van der Waals surface area contributed by atoms with Crippen molar-refractivity contribution in [1.29, 1.82) is 0 Å². The number of nitrogens with zero attached hydrogens (tertiary/aromatic N) is 2. The van der Waals surface area contributed by atoms with E-state index in [1.165, 1.54) is 0 Å². The predicted octanol–water partition coefficient (Wildman–Crippen LogP) is 2.03. The standard InChI is InChI=1S/C11H19BrN4O/c1-7(2)4-8(13)5-14-11-15-6-9(12)10(16-11)17-3/h6-8H,4-5,13H2,1-3H3,(H,14,15,16). The lowest BCUT2D eigenvalue weighted by Gasteiger charge is -2.15. The van der Waals surface area contributed by atoms with Gasteiger partial charge >= 0.3 is 0 Å². The molecule has 0 aliphatic carbocycles. The van der Waals surface area contributed by atoms with Gasteiger partial charge in [0.15, 0.2) is 0 Å². The lowest BCUT2D eigenvalue weighted by Crippen LogP contribution is -2.30. The van der Waals surface area contributed by atoms with Crippen LogP contribution in [0.25, 0.3) is 0 Å². The Morgan fingerprint density at radius 3 is 2.82 bits per heavy atom. The van der Waals surface area contributed by atoms with Crippen molar-refractivity contribution >= 4 is 21.9 Å². The molecule has 0 radical (unpaired) electrons. The van der Waals surface area contributed by atoms with Gasteiger partial charge in [-0.2, -0.15) is 4.98 Å². The first-order valence-corrected chi connectivity index (χ1v) is 6.38. The first kappa shape index (κ1) is 14.2. The molecule has 0 saturated heterocycles. The predicted molar refractivity (Wildman–Crippen MR) is 72.2 cm³/mol. The van der Waals surface area contributed by atoms with E-state index in [0.29, 0.717) is 24.3 Å². The number of hydrogen-bond donors (Lipinski definition) is 2. The molecule has 1 heterocycles. The monoisotopic (exact) mass is 302 g/mol. The van der Waals surface area contributed by atoms with E-state index in [4.69, 9.17) is 10.5 Å². The van der Waals surface area contributed by atoms with Crippen molar-refractivity contribution in [2.75, 3.05) is 19.0 Å². The fourth-order valence-corrected chi connectivity index (χ4v) is 1.84. The van der Waals surface area contributed by atoms with E-state index in [1.54, 1.807) is 13.3 Å². The van der Waals surface area contributed by atoms with Gasteiger partial charge in [-0.3, -0.25) is 0 Å². The van der Waals surface area contributed by atoms with Gasteiger partial charge in [0.1, 0.15) is 0 Å². The summed E-state index contributed by atoms with van der Waals surface area (Å²) in [5.74, 6) is 1.64. The van der Waals surface area contributed by atoms with Crippen LogP contribution in [-0.4, -0.2) is 29.7 Å². The number of ether oxygens (including phenoxy) is 1. The van der Waals surface area contributed by atoms with Crippen LogP contribution in [-0.2, 0) is 0 Å². The number of nitrogens with two attached hydrogens (primary N) is 1. The van der Waals surface area contributed by atoms with Crippen molar-refractivity contribution in [3.63, 3.8) is 0 Å². The Morgan fingerprint density at radius 1 is 1.53 bits per heavy atom. The van der Waals surface area contributed by atoms with E-state index < -0.39 is 0 Å². The molecule has 1 aromatic heterocycles. The zero-order valence-electron chi connectivity index (χ0n) is 10.4. The Morgan fingerprint density at radius 2 is 2.24 bits per heavy atom. The average molecular weight is 303 g/mol. The number of anilines is 1. The van der Waals surface area contributed by atoms with Gasteiger partial charge in [0.2, 0.25) is 11.8 Å². The molecule has 0 aromatic carbocycles. The summed E-state index contributed by atoms with van der Waals surface area (Å²) in [6.07, 6.45) is 2.63. The van der Waals surface area contributed by atoms with Gasteiger partial charge in [0, 0.05) is 12.6 Å². The van der Waals surface area contributed by atoms with Gasteiger partial charge in [-0.05, 0) is 28.3 Å². The maximum atomic E-state index is 5.96. The molecule has 96 valence electrons. The molecule has 1 aromatic rings. The summed E-state index contributed by atoms with van der Waals surface area (Å²) < 4.78 is 5.82. The summed E-state index contributed by atoms with van der Waals surface area (Å²) >= 11 is 3.30. The molecule has 0 fully saturated rings. The van der Waals surface area contributed by atoms with Crippen molar-refractivity contribution < 1.29 is 4.74 Å². The Labute approximate surface area is 110 Å². The van der Waals surface area contributed by atoms with Gasteiger partial charge in [-0.25, -0.2) is 4.98 Å². The largest absolute Gasteiger partial charge is 0.480 e. The highest BCUT2D eigenvalue weighted by Crippen LogP contribution is 2.21. The Balaban J connectivity index is 2.52. The van der Waals surface area contributed by atoms with Gasteiger partial charge in [0.25, 0.3) is 0 Å². The SMILES string of the molecule is COc1nc(NCC(N)CC(C)C)ncc1Br. The van der Waals surface area contributed by atoms with Gasteiger partial charge < -0.3 is 15.8 Å². The Kier molecular flexibility index (Phi) is 5.64. The van der Waals surface area contributed by atoms with Crippen LogP contribution < -0.4 is 15.8 Å². The van der Waals surface area contributed by atoms with Crippen molar-refractivity contribution in [3.05, 3.63) is 10.7 Å². The molecule has 0 amide bonds. The number of aromatic nitrogens is 2. The lowest BCUT2D eigenvalue weighted by molar-refractivity contribution is 0.394. The molecular formula is C11H19BrN4O. The molecule has 0 aliphatic heterocycles. The van der Waals surface area contributed by atoms with Crippen LogP contribution in [0.15, 0.2) is 10.7 Å². The van der Waals surface area contributed by atoms with Gasteiger partial charge in [-0.15, -0.1) is 0 Å². The van der Waals surface area contributed by atoms with Crippen LogP contribution in [0.4, 0.5) is 5.95 Å². The van der Waals surface area contributed by atoms with Gasteiger partial charge in [-0.1, -0.05) is 13.8 Å². The van der Waals surface area contributed by atoms with Crippen molar-refractivity contribution in [1.82, 2.24) is 9.97 Å². The van der Waals surface area contributed by atoms with Crippen molar-refractivity contribution in [3.8, 4) is 5.88 Å². The quantitative estimate of drug-likeness (QED) is 0.841. The van der Waals surface area contributed by atoms with Crippen molar-refractivity contribution in [2.45, 2.75) is 26.3 Å². The van der Waals surface area contributed by atoms with Crippen LogP contribution in [0, 0.1) is 5.92 Å². The molecular weight excluding hydrogens is 284 g/mol. The fraction of sp³-hybridized carbons (Fsp3) is 0.636. The molecule has 17 heavy (non-hydrogen) atoms. The summed E-state index contributed by atoms with van der Waals surface area (Å²) in [5.41, 5.74) is 5.96. The number of methoxy groups -OCH3 is 1. The third kappa shape index (κ3) is 4.87. The molecule has 0 bridgehead atoms. The zero-order valence-corrected chi connectivity index (χ0v) is 12.0. The number of hydrogen-bond acceptors (Lipinski definition) is 5. The first-order chi connectivity index (χ1) is 8.02. The van der Waals surface area contributed by atoms with E-state index in [0.717, 1.165) is 10.9 Å². The van der Waals surface area contributed by atoms with Crippen LogP contribution in [0.1, 0.15) is 20.3 Å². The van der Waals surface area contributed by atoms with Gasteiger partial charge in [0.05, 0.1) is 17.8 Å². The minimum atomic E-state index is 0.105. The summed E-state index contributed by atoms with van der Waals surface area (Å²) in [4.78, 5) is 8.33. The number of rotatable bonds is 6. The molecule has 0 aliphatic rings. The van der Waals surface area contributed by atoms with E-state index >= 15 is 0 Å². The molecule has 3 N–H and O–H groups in total. The van der Waals surface area contributed by atoms with E-state index in [9.17, 15) is 0 Å². The zero-order chi connectivity index (χ0) is 12.8. The Hall–Kier alpha value is -0.880. The third-order valence-corrected chi connectivity index (χ3v) is 2.75. The van der Waals surface area contributed by atoms with Crippen LogP contribution in [0.5, 0.6) is 5.88 Å². The van der Waals surface area contributed by atoms with Crippen LogP contribution >= 0.6 is 15.9 Å². The minimum absolute atomic E-state index is 0.105. The molecule has 1 atom stereocenters. The topological polar surface area (TPSA) is 73.1 Å². The van der Waals surface area contributed by atoms with E-state index in [1.807, 2.05) is 0 Å².